The third kappa shape index (κ3) is 4.72. The van der Waals surface area contributed by atoms with E-state index in [4.69, 9.17) is 9.47 Å². The summed E-state index contributed by atoms with van der Waals surface area (Å²) in [6.07, 6.45) is 1.24. The van der Waals surface area contributed by atoms with Crippen molar-refractivity contribution in [3.8, 4) is 11.5 Å². The van der Waals surface area contributed by atoms with Crippen molar-refractivity contribution < 1.29 is 22.7 Å². The van der Waals surface area contributed by atoms with Gasteiger partial charge in [0.25, 0.3) is 0 Å². The van der Waals surface area contributed by atoms with Crippen LogP contribution in [-0.4, -0.2) is 50.4 Å². The van der Waals surface area contributed by atoms with Crippen LogP contribution in [0.15, 0.2) is 47.4 Å². The lowest BCUT2D eigenvalue weighted by atomic mass is 9.99. The highest BCUT2D eigenvalue weighted by molar-refractivity contribution is 7.89. The number of thiazole rings is 1. The quantitative estimate of drug-likeness (QED) is 0.559. The lowest BCUT2D eigenvalue weighted by Gasteiger charge is -2.31. The number of rotatable bonds is 7. The van der Waals surface area contributed by atoms with Crippen LogP contribution >= 0.6 is 11.3 Å². The molecule has 0 radical (unpaired) electrons. The maximum atomic E-state index is 13.0. The highest BCUT2D eigenvalue weighted by atomic mass is 32.2. The number of hydrogen-bond donors (Lipinski definition) is 1. The molecule has 8 nitrogen and oxygen atoms in total. The highest BCUT2D eigenvalue weighted by Crippen LogP contribution is 2.31. The molecule has 1 amide bonds. The van der Waals surface area contributed by atoms with Crippen LogP contribution in [0.2, 0.25) is 0 Å². The molecule has 2 heterocycles. The Morgan fingerprint density at radius 1 is 1.22 bits per heavy atom. The molecule has 4 rings (SSSR count). The fraction of sp³-hybridized carbons (Fsp3) is 0.364. The van der Waals surface area contributed by atoms with Crippen molar-refractivity contribution in [3.63, 3.8) is 0 Å². The third-order valence-corrected chi connectivity index (χ3v) is 8.17. The number of amides is 1. The number of hydrogen-bond acceptors (Lipinski definition) is 7. The van der Waals surface area contributed by atoms with Gasteiger partial charge in [-0.05, 0) is 62.2 Å². The second kappa shape index (κ2) is 9.43. The number of anilines is 1. The number of fused-ring (bicyclic) bond motifs is 1. The number of piperidine rings is 1. The van der Waals surface area contributed by atoms with Crippen LogP contribution in [-0.2, 0) is 14.8 Å². The second-order valence-electron chi connectivity index (χ2n) is 7.45. The third-order valence-electron chi connectivity index (χ3n) is 5.35. The Bertz CT molecular complexity index is 1210. The van der Waals surface area contributed by atoms with Crippen molar-refractivity contribution >= 4 is 42.6 Å². The summed E-state index contributed by atoms with van der Waals surface area (Å²) < 4.78 is 39.0. The van der Waals surface area contributed by atoms with E-state index in [-0.39, 0.29) is 17.3 Å². The molecular weight excluding hydrogens is 450 g/mol. The number of ether oxygens (including phenoxy) is 2. The van der Waals surface area contributed by atoms with Crippen LogP contribution in [0.1, 0.15) is 19.8 Å². The molecule has 1 aromatic heterocycles. The highest BCUT2D eigenvalue weighted by Gasteiger charge is 2.33. The summed E-state index contributed by atoms with van der Waals surface area (Å²) in [5.74, 6) is 0.684. The van der Waals surface area contributed by atoms with Crippen LogP contribution in [0.25, 0.3) is 10.2 Å². The van der Waals surface area contributed by atoms with Gasteiger partial charge in [-0.2, -0.15) is 4.31 Å². The molecule has 1 aliphatic rings. The predicted molar refractivity (Wildman–Crippen MR) is 124 cm³/mol. The first-order valence-electron chi connectivity index (χ1n) is 10.4. The molecule has 1 fully saturated rings. The van der Waals surface area contributed by atoms with E-state index in [0.717, 1.165) is 16.0 Å². The summed E-state index contributed by atoms with van der Waals surface area (Å²) in [7, 11) is -2.16. The van der Waals surface area contributed by atoms with Gasteiger partial charge in [0.05, 0.1) is 34.7 Å². The zero-order valence-corrected chi connectivity index (χ0v) is 19.5. The van der Waals surface area contributed by atoms with Crippen LogP contribution in [0.5, 0.6) is 11.5 Å². The molecule has 1 unspecified atom stereocenters. The lowest BCUT2D eigenvalue weighted by molar-refractivity contribution is -0.120. The Labute approximate surface area is 191 Å². The number of nitrogens with one attached hydrogen (secondary N) is 1. The molecule has 0 spiro atoms. The lowest BCUT2D eigenvalue weighted by Crippen LogP contribution is -2.43. The molecule has 3 aromatic rings. The molecule has 0 aliphatic carbocycles. The average molecular weight is 476 g/mol. The summed E-state index contributed by atoms with van der Waals surface area (Å²) in [4.78, 5) is 17.6. The van der Waals surface area contributed by atoms with Crippen molar-refractivity contribution in [1.82, 2.24) is 9.29 Å². The minimum Gasteiger partial charge on any atom is -0.497 e. The molecule has 10 heteroatoms. The van der Waals surface area contributed by atoms with Crippen LogP contribution < -0.4 is 14.8 Å². The molecule has 2 aromatic carbocycles. The monoisotopic (exact) mass is 475 g/mol. The van der Waals surface area contributed by atoms with E-state index in [1.807, 2.05) is 25.1 Å². The van der Waals surface area contributed by atoms with Gasteiger partial charge in [0.1, 0.15) is 11.5 Å². The smallest absolute Gasteiger partial charge is 0.243 e. The Kier molecular flexibility index (Phi) is 6.63. The zero-order chi connectivity index (χ0) is 22.7. The standard InChI is InChI=1S/C22H25N3O5S2/c1-3-30-17-8-11-19-20(13-17)31-22(23-19)24-21(26)15-5-4-12-25(14-15)32(27,28)18-9-6-16(29-2)7-10-18/h6-11,13,15H,3-5,12,14H2,1-2H3,(H,23,24,26). The number of benzene rings is 2. The van der Waals surface area contributed by atoms with Gasteiger partial charge in [0.15, 0.2) is 5.13 Å². The molecule has 1 atom stereocenters. The van der Waals surface area contributed by atoms with Crippen molar-refractivity contribution in [3.05, 3.63) is 42.5 Å². The number of sulfonamides is 1. The predicted octanol–water partition coefficient (Wildman–Crippen LogP) is 3.74. The van der Waals surface area contributed by atoms with Crippen LogP contribution in [0, 0.1) is 5.92 Å². The summed E-state index contributed by atoms with van der Waals surface area (Å²) in [6.45, 7) is 3.02. The van der Waals surface area contributed by atoms with Gasteiger partial charge < -0.3 is 14.8 Å². The molecule has 1 N–H and O–H groups in total. The van der Waals surface area contributed by atoms with Crippen molar-refractivity contribution in [2.75, 3.05) is 32.1 Å². The summed E-state index contributed by atoms with van der Waals surface area (Å²) in [6, 6.07) is 11.9. The summed E-state index contributed by atoms with van der Waals surface area (Å²) >= 11 is 1.37. The van der Waals surface area contributed by atoms with E-state index in [2.05, 4.69) is 10.3 Å². The Balaban J connectivity index is 1.45. The normalized spacial score (nSPS) is 17.2. The van der Waals surface area contributed by atoms with E-state index in [9.17, 15) is 13.2 Å². The van der Waals surface area contributed by atoms with E-state index >= 15 is 0 Å². The molecule has 0 saturated carbocycles. The zero-order valence-electron chi connectivity index (χ0n) is 17.9. The Morgan fingerprint density at radius 2 is 1.97 bits per heavy atom. The first-order valence-corrected chi connectivity index (χ1v) is 12.6. The van der Waals surface area contributed by atoms with Crippen molar-refractivity contribution in [1.29, 1.82) is 0 Å². The average Bonchev–Trinajstić information content (AvgIpc) is 3.21. The van der Waals surface area contributed by atoms with Gasteiger partial charge in [-0.15, -0.1) is 0 Å². The number of carbonyl (C=O) groups is 1. The number of methoxy groups -OCH3 is 1. The maximum absolute atomic E-state index is 13.0. The van der Waals surface area contributed by atoms with Gasteiger partial charge in [0, 0.05) is 13.1 Å². The largest absolute Gasteiger partial charge is 0.497 e. The molecule has 170 valence electrons. The van der Waals surface area contributed by atoms with E-state index in [1.165, 1.54) is 34.9 Å². The Morgan fingerprint density at radius 3 is 2.69 bits per heavy atom. The molecule has 1 saturated heterocycles. The first kappa shape index (κ1) is 22.5. The maximum Gasteiger partial charge on any atom is 0.243 e. The SMILES string of the molecule is CCOc1ccc2nc(NC(=O)C3CCCN(S(=O)(=O)c4ccc(OC)cc4)C3)sc2c1. The van der Waals surface area contributed by atoms with Gasteiger partial charge >= 0.3 is 0 Å². The topological polar surface area (TPSA) is 97.8 Å². The van der Waals surface area contributed by atoms with Gasteiger partial charge in [-0.1, -0.05) is 11.3 Å². The summed E-state index contributed by atoms with van der Waals surface area (Å²) in [5.41, 5.74) is 0.779. The molecule has 0 bridgehead atoms. The first-order chi connectivity index (χ1) is 15.4. The fourth-order valence-electron chi connectivity index (χ4n) is 3.69. The molecular formula is C22H25N3O5S2. The van der Waals surface area contributed by atoms with Gasteiger partial charge in [-0.25, -0.2) is 13.4 Å². The van der Waals surface area contributed by atoms with Gasteiger partial charge in [0.2, 0.25) is 15.9 Å². The fourth-order valence-corrected chi connectivity index (χ4v) is 6.11. The van der Waals surface area contributed by atoms with E-state index < -0.39 is 15.9 Å². The van der Waals surface area contributed by atoms with E-state index in [0.29, 0.717) is 36.9 Å². The van der Waals surface area contributed by atoms with Crippen molar-refractivity contribution in [2.45, 2.75) is 24.7 Å². The van der Waals surface area contributed by atoms with Gasteiger partial charge in [-0.3, -0.25) is 4.79 Å². The number of aromatic nitrogens is 1. The van der Waals surface area contributed by atoms with Crippen LogP contribution in [0.3, 0.4) is 0 Å². The van der Waals surface area contributed by atoms with E-state index in [1.54, 1.807) is 12.1 Å². The Hall–Kier alpha value is -2.69. The second-order valence-corrected chi connectivity index (χ2v) is 10.4. The summed E-state index contributed by atoms with van der Waals surface area (Å²) in [5, 5.41) is 3.36. The minimum absolute atomic E-state index is 0.138. The molecule has 1 aliphatic heterocycles. The number of nitrogens with zero attached hydrogens (tertiary/aromatic N) is 2. The van der Waals surface area contributed by atoms with Crippen molar-refractivity contribution in [2.24, 2.45) is 5.92 Å². The minimum atomic E-state index is -3.69. The number of carbonyl (C=O) groups excluding carboxylic acids is 1. The molecule has 32 heavy (non-hydrogen) atoms. The van der Waals surface area contributed by atoms with Crippen LogP contribution in [0.4, 0.5) is 5.13 Å².